The topological polar surface area (TPSA) is 316 Å². The third-order valence-corrected chi connectivity index (χ3v) is 8.53. The van der Waals surface area contributed by atoms with Crippen LogP contribution < -0.4 is 5.32 Å². The Morgan fingerprint density at radius 1 is 0.565 bits per heavy atom. The predicted octanol–water partition coefficient (Wildman–Crippen LogP) is -7.55. The average Bonchev–Trinajstić information content (AvgIpc) is 3.01. The minimum atomic E-state index is -1.92. The molecule has 1 amide bonds. The van der Waals surface area contributed by atoms with Crippen LogP contribution in [-0.2, 0) is 38.0 Å². The lowest BCUT2D eigenvalue weighted by atomic mass is 9.94. The fraction of sp³-hybridized carbons (Fsp3) is 0.962. The summed E-state index contributed by atoms with van der Waals surface area (Å²) in [6.07, 6.45) is -31.2. The molecule has 4 fully saturated rings. The van der Waals surface area contributed by atoms with E-state index in [1.165, 1.54) is 13.8 Å². The van der Waals surface area contributed by atoms with Crippen LogP contribution in [0.15, 0.2) is 0 Å². The second-order valence-electron chi connectivity index (χ2n) is 11.8. The first-order valence-corrected chi connectivity index (χ1v) is 14.8. The fourth-order valence-corrected chi connectivity index (χ4v) is 5.81. The van der Waals surface area contributed by atoms with Crippen molar-refractivity contribution in [2.24, 2.45) is 0 Å². The minimum absolute atomic E-state index is 0.691. The van der Waals surface area contributed by atoms with Gasteiger partial charge in [0.1, 0.15) is 85.4 Å². The van der Waals surface area contributed by atoms with Crippen molar-refractivity contribution in [2.45, 2.75) is 144 Å². The molecule has 0 aromatic rings. The van der Waals surface area contributed by atoms with Gasteiger partial charge in [-0.1, -0.05) is 0 Å². The maximum Gasteiger partial charge on any atom is 0.217 e. The van der Waals surface area contributed by atoms with Crippen LogP contribution in [0.25, 0.3) is 0 Å². The van der Waals surface area contributed by atoms with E-state index in [0.717, 1.165) is 6.92 Å². The van der Waals surface area contributed by atoms with Gasteiger partial charge in [0.2, 0.25) is 5.91 Å². The maximum absolute atomic E-state index is 12.1. The number of rotatable bonds is 9. The largest absolute Gasteiger partial charge is 0.394 e. The predicted molar refractivity (Wildman–Crippen MR) is 143 cm³/mol. The number of hydrogen-bond donors (Lipinski definition) is 12. The highest BCUT2D eigenvalue weighted by Crippen LogP contribution is 2.35. The monoisotopic (exact) mass is 675 g/mol. The first-order valence-electron chi connectivity index (χ1n) is 14.8. The van der Waals surface area contributed by atoms with Gasteiger partial charge >= 0.3 is 0 Å². The summed E-state index contributed by atoms with van der Waals surface area (Å²) in [5.41, 5.74) is 0. The Morgan fingerprint density at radius 3 is 1.52 bits per heavy atom. The van der Waals surface area contributed by atoms with Gasteiger partial charge in [-0.15, -0.1) is 0 Å². The second-order valence-corrected chi connectivity index (χ2v) is 11.8. The van der Waals surface area contributed by atoms with Gasteiger partial charge in [-0.2, -0.15) is 0 Å². The number of amides is 1. The number of carbonyl (C=O) groups excluding carboxylic acids is 1. The molecule has 0 radical (unpaired) electrons. The van der Waals surface area contributed by atoms with Crippen LogP contribution in [0.3, 0.4) is 0 Å². The Hall–Kier alpha value is -1.25. The van der Waals surface area contributed by atoms with Crippen molar-refractivity contribution in [2.75, 3.05) is 13.2 Å². The first kappa shape index (κ1) is 37.6. The summed E-state index contributed by atoms with van der Waals surface area (Å²) >= 11 is 0. The highest BCUT2D eigenvalue weighted by atomic mass is 16.8. The molecular weight excluding hydrogens is 630 g/mol. The van der Waals surface area contributed by atoms with Crippen LogP contribution in [-0.4, -0.2) is 198 Å². The summed E-state index contributed by atoms with van der Waals surface area (Å²) in [7, 11) is 0. The van der Waals surface area contributed by atoms with E-state index in [0.29, 0.717) is 0 Å². The van der Waals surface area contributed by atoms with Gasteiger partial charge in [0.05, 0.1) is 25.4 Å². The lowest BCUT2D eigenvalue weighted by molar-refractivity contribution is -0.391. The van der Waals surface area contributed by atoms with Crippen molar-refractivity contribution in [1.82, 2.24) is 5.32 Å². The molecule has 4 saturated heterocycles. The van der Waals surface area contributed by atoms with Crippen LogP contribution in [0.1, 0.15) is 20.8 Å². The summed E-state index contributed by atoms with van der Waals surface area (Å²) in [5, 5.41) is 117. The SMILES string of the molecule is CC(=O)N[C@@H]1[C@@H](O[C@H]2O[C@@H](C)[C@@H](O)[C@@H](O)[C@@H]2O)[C@H](O[C@@H]2O[C@H](CO)[C@H](O)[C@H](O)[C@H]2O[C@@H]2O[C@@H](C)[C@@H](O)[C@@H](O)[C@@H]2O)[C@@H](CO)O[C@H]1O. The van der Waals surface area contributed by atoms with E-state index in [1.54, 1.807) is 0 Å². The molecule has 0 aliphatic carbocycles. The molecule has 0 unspecified atom stereocenters. The smallest absolute Gasteiger partial charge is 0.217 e. The molecule has 12 N–H and O–H groups in total. The molecule has 268 valence electrons. The molecule has 0 saturated carbocycles. The van der Waals surface area contributed by atoms with E-state index in [2.05, 4.69) is 5.32 Å². The summed E-state index contributed by atoms with van der Waals surface area (Å²) in [5.74, 6) is -0.691. The zero-order valence-electron chi connectivity index (χ0n) is 25.1. The van der Waals surface area contributed by atoms with Gasteiger partial charge in [-0.25, -0.2) is 0 Å². The van der Waals surface area contributed by atoms with Crippen molar-refractivity contribution in [1.29, 1.82) is 0 Å². The van der Waals surface area contributed by atoms with Gasteiger partial charge in [-0.05, 0) is 13.8 Å². The molecule has 20 heteroatoms. The first-order chi connectivity index (χ1) is 21.6. The molecule has 46 heavy (non-hydrogen) atoms. The Bertz CT molecular complexity index is 997. The summed E-state index contributed by atoms with van der Waals surface area (Å²) < 4.78 is 39.8. The van der Waals surface area contributed by atoms with Crippen LogP contribution >= 0.6 is 0 Å². The molecule has 0 aromatic carbocycles. The standard InChI is InChI=1S/C26H45NO19/c1-6-12(31)15(34)18(37)24(40-6)45-21-11(27-8(3)30)23(39)42-10(5-29)20(21)44-26-22(17(36)14(33)9(4-28)43-26)46-25-19(38)16(35)13(32)7(2)41-25/h6-7,9-26,28-29,31-39H,4-5H2,1-3H3,(H,27,30)/t6-,7-,9+,10+,11+,12+,13+,14-,15+,16+,17-,18-,19-,20+,21+,22+,23+,24+,25-,26-/m0/s1. The summed E-state index contributed by atoms with van der Waals surface area (Å²) in [6.45, 7) is 2.15. The average molecular weight is 676 g/mol. The molecule has 20 atom stereocenters. The van der Waals surface area contributed by atoms with E-state index < -0.39 is 142 Å². The Balaban J connectivity index is 1.68. The van der Waals surface area contributed by atoms with Gasteiger partial charge in [0.25, 0.3) is 0 Å². The quantitative estimate of drug-likeness (QED) is 0.108. The zero-order valence-corrected chi connectivity index (χ0v) is 25.1. The zero-order chi connectivity index (χ0) is 34.2. The number of hydrogen-bond acceptors (Lipinski definition) is 19. The van der Waals surface area contributed by atoms with Crippen LogP contribution in [0.2, 0.25) is 0 Å². The highest BCUT2D eigenvalue weighted by molar-refractivity contribution is 5.73. The van der Waals surface area contributed by atoms with Gasteiger partial charge in [0.15, 0.2) is 25.2 Å². The van der Waals surface area contributed by atoms with E-state index in [4.69, 9.17) is 33.2 Å². The number of aliphatic hydroxyl groups is 11. The van der Waals surface area contributed by atoms with E-state index in [9.17, 15) is 61.0 Å². The number of carbonyl (C=O) groups is 1. The van der Waals surface area contributed by atoms with E-state index in [1.807, 2.05) is 0 Å². The third-order valence-electron chi connectivity index (χ3n) is 8.53. The van der Waals surface area contributed by atoms with Crippen molar-refractivity contribution in [3.63, 3.8) is 0 Å². The molecule has 20 nitrogen and oxygen atoms in total. The molecule has 0 aromatic heterocycles. The molecule has 4 aliphatic rings. The van der Waals surface area contributed by atoms with Gasteiger partial charge in [0, 0.05) is 6.92 Å². The lowest BCUT2D eigenvalue weighted by Gasteiger charge is -2.50. The van der Waals surface area contributed by atoms with Gasteiger partial charge < -0.3 is 94.6 Å². The minimum Gasteiger partial charge on any atom is -0.394 e. The van der Waals surface area contributed by atoms with Gasteiger partial charge in [-0.3, -0.25) is 4.79 Å². The molecule has 4 rings (SSSR count). The normalized spacial score (nSPS) is 51.9. The van der Waals surface area contributed by atoms with Crippen molar-refractivity contribution in [3.8, 4) is 0 Å². The molecular formula is C26H45NO19. The summed E-state index contributed by atoms with van der Waals surface area (Å²) in [4.78, 5) is 12.1. The van der Waals surface area contributed by atoms with Crippen LogP contribution in [0, 0.1) is 0 Å². The second kappa shape index (κ2) is 15.5. The Labute approximate surface area is 262 Å². The molecule has 0 spiro atoms. The third kappa shape index (κ3) is 7.64. The molecule has 0 bridgehead atoms. The highest BCUT2D eigenvalue weighted by Gasteiger charge is 2.55. The van der Waals surface area contributed by atoms with Crippen molar-refractivity contribution < 1.29 is 94.1 Å². The number of nitrogens with one attached hydrogen (secondary N) is 1. The van der Waals surface area contributed by atoms with Crippen molar-refractivity contribution >= 4 is 5.91 Å². The fourth-order valence-electron chi connectivity index (χ4n) is 5.81. The van der Waals surface area contributed by atoms with E-state index in [-0.39, 0.29) is 0 Å². The Kier molecular flexibility index (Phi) is 12.7. The molecule has 4 heterocycles. The van der Waals surface area contributed by atoms with Crippen LogP contribution in [0.4, 0.5) is 0 Å². The van der Waals surface area contributed by atoms with Crippen molar-refractivity contribution in [3.05, 3.63) is 0 Å². The van der Waals surface area contributed by atoms with E-state index >= 15 is 0 Å². The molecule has 4 aliphatic heterocycles. The number of aliphatic hydroxyl groups excluding tert-OH is 11. The summed E-state index contributed by atoms with van der Waals surface area (Å²) in [6, 6.07) is -1.51. The Morgan fingerprint density at radius 2 is 1.04 bits per heavy atom. The number of ether oxygens (including phenoxy) is 7. The lowest BCUT2D eigenvalue weighted by Crippen LogP contribution is -2.70. The maximum atomic E-state index is 12.1. The van der Waals surface area contributed by atoms with Crippen LogP contribution in [0.5, 0.6) is 0 Å².